The summed E-state index contributed by atoms with van der Waals surface area (Å²) in [5, 5.41) is 8.06. The van der Waals surface area contributed by atoms with Crippen LogP contribution in [0.2, 0.25) is 0 Å². The Morgan fingerprint density at radius 3 is 2.54 bits per heavy atom. The first-order chi connectivity index (χ1) is 16.8. The van der Waals surface area contributed by atoms with Gasteiger partial charge in [-0.05, 0) is 41.5 Å². The summed E-state index contributed by atoms with van der Waals surface area (Å²) < 4.78 is 48.0. The van der Waals surface area contributed by atoms with Gasteiger partial charge in [-0.3, -0.25) is 4.79 Å². The van der Waals surface area contributed by atoms with E-state index in [1.165, 1.54) is 6.07 Å². The SMILES string of the molecule is [C-]#[N+]c1ccc(-c2cccc(-c3nc4cc(C=O)cc(C(F)(F)F)c4o3)c2)c(-c2nncn2C)c1. The normalized spacial score (nSPS) is 11.5. The summed E-state index contributed by atoms with van der Waals surface area (Å²) in [6.07, 6.45) is -2.83. The number of hydrogen-bond acceptors (Lipinski definition) is 5. The number of alkyl halides is 3. The summed E-state index contributed by atoms with van der Waals surface area (Å²) in [5.74, 6) is 0.530. The van der Waals surface area contributed by atoms with E-state index in [-0.39, 0.29) is 17.0 Å². The van der Waals surface area contributed by atoms with Gasteiger partial charge in [0.15, 0.2) is 17.1 Å². The molecule has 7 nitrogen and oxygen atoms in total. The molecule has 0 saturated carbocycles. The monoisotopic (exact) mass is 473 g/mol. The number of fused-ring (bicyclic) bond motifs is 1. The lowest BCUT2D eigenvalue weighted by Crippen LogP contribution is -2.06. The molecule has 0 atom stereocenters. The number of rotatable bonds is 4. The molecule has 0 amide bonds. The number of aldehydes is 1. The van der Waals surface area contributed by atoms with Crippen molar-refractivity contribution in [1.29, 1.82) is 0 Å². The van der Waals surface area contributed by atoms with Gasteiger partial charge in [-0.2, -0.15) is 13.2 Å². The molecule has 0 radical (unpaired) electrons. The maximum absolute atomic E-state index is 13.6. The number of halogens is 3. The lowest BCUT2D eigenvalue weighted by atomic mass is 9.97. The maximum Gasteiger partial charge on any atom is 0.420 e. The average molecular weight is 473 g/mol. The Morgan fingerprint density at radius 2 is 1.86 bits per heavy atom. The molecule has 0 aliphatic carbocycles. The zero-order chi connectivity index (χ0) is 24.7. The number of nitrogens with zero attached hydrogens (tertiary/aromatic N) is 5. The second-order valence-corrected chi connectivity index (χ2v) is 7.74. The van der Waals surface area contributed by atoms with E-state index in [4.69, 9.17) is 11.0 Å². The minimum Gasteiger partial charge on any atom is -0.435 e. The van der Waals surface area contributed by atoms with Crippen LogP contribution < -0.4 is 0 Å². The van der Waals surface area contributed by atoms with Crippen LogP contribution >= 0.6 is 0 Å². The van der Waals surface area contributed by atoms with Crippen LogP contribution in [0.3, 0.4) is 0 Å². The van der Waals surface area contributed by atoms with Gasteiger partial charge in [0.25, 0.3) is 0 Å². The van der Waals surface area contributed by atoms with Gasteiger partial charge in [0.2, 0.25) is 5.89 Å². The highest BCUT2D eigenvalue weighted by atomic mass is 19.4. The Bertz CT molecular complexity index is 1640. The van der Waals surface area contributed by atoms with Crippen molar-refractivity contribution < 1.29 is 22.4 Å². The van der Waals surface area contributed by atoms with Gasteiger partial charge in [-0.15, -0.1) is 10.2 Å². The zero-order valence-corrected chi connectivity index (χ0v) is 18.0. The van der Waals surface area contributed by atoms with Crippen molar-refractivity contribution >= 4 is 23.1 Å². The minimum atomic E-state index is -4.72. The van der Waals surface area contributed by atoms with Gasteiger partial charge in [0, 0.05) is 23.7 Å². The molecular formula is C25H14F3N5O2. The summed E-state index contributed by atoms with van der Waals surface area (Å²) in [6.45, 7) is 7.34. The summed E-state index contributed by atoms with van der Waals surface area (Å²) in [7, 11) is 1.78. The second-order valence-electron chi connectivity index (χ2n) is 7.74. The molecule has 35 heavy (non-hydrogen) atoms. The summed E-state index contributed by atoms with van der Waals surface area (Å²) in [4.78, 5) is 18.9. The van der Waals surface area contributed by atoms with Crippen LogP contribution in [-0.2, 0) is 13.2 Å². The minimum absolute atomic E-state index is 0.0200. The van der Waals surface area contributed by atoms with Crippen LogP contribution in [0.25, 0.3) is 49.9 Å². The third kappa shape index (κ3) is 3.93. The number of oxazole rings is 1. The zero-order valence-electron chi connectivity index (χ0n) is 18.0. The van der Waals surface area contributed by atoms with Crippen molar-refractivity contribution in [3.63, 3.8) is 0 Å². The highest BCUT2D eigenvalue weighted by Gasteiger charge is 2.35. The Balaban J connectivity index is 1.67. The van der Waals surface area contributed by atoms with Crippen molar-refractivity contribution in [3.05, 3.63) is 83.5 Å². The number of carbonyl (C=O) groups excluding carboxylic acids is 1. The molecule has 0 unspecified atom stereocenters. The Labute approximate surface area is 196 Å². The molecule has 0 saturated heterocycles. The first-order valence-electron chi connectivity index (χ1n) is 10.2. The van der Waals surface area contributed by atoms with Crippen molar-refractivity contribution in [1.82, 2.24) is 19.7 Å². The fourth-order valence-electron chi connectivity index (χ4n) is 3.84. The molecule has 172 valence electrons. The quantitative estimate of drug-likeness (QED) is 0.225. The number of hydrogen-bond donors (Lipinski definition) is 0. The van der Waals surface area contributed by atoms with E-state index in [2.05, 4.69) is 20.0 Å². The fourth-order valence-corrected chi connectivity index (χ4v) is 3.84. The van der Waals surface area contributed by atoms with E-state index in [0.29, 0.717) is 34.5 Å². The fraction of sp³-hybridized carbons (Fsp3) is 0.0800. The predicted octanol–water partition coefficient (Wildman–Crippen LogP) is 6.34. The molecule has 0 bridgehead atoms. The van der Waals surface area contributed by atoms with Crippen molar-refractivity contribution in [3.8, 4) is 34.0 Å². The number of aromatic nitrogens is 4. The highest BCUT2D eigenvalue weighted by molar-refractivity contribution is 5.89. The molecule has 2 aromatic heterocycles. The molecule has 3 aromatic carbocycles. The summed E-state index contributed by atoms with van der Waals surface area (Å²) in [5.41, 5.74) is 1.27. The smallest absolute Gasteiger partial charge is 0.420 e. The van der Waals surface area contributed by atoms with Crippen LogP contribution in [0.5, 0.6) is 0 Å². The molecular weight excluding hydrogens is 459 g/mol. The van der Waals surface area contributed by atoms with Crippen molar-refractivity contribution in [2.75, 3.05) is 0 Å². The van der Waals surface area contributed by atoms with Crippen LogP contribution in [0.15, 0.2) is 65.3 Å². The van der Waals surface area contributed by atoms with Gasteiger partial charge < -0.3 is 8.98 Å². The van der Waals surface area contributed by atoms with Gasteiger partial charge >= 0.3 is 6.18 Å². The second kappa shape index (κ2) is 8.22. The highest BCUT2D eigenvalue weighted by Crippen LogP contribution is 2.39. The van der Waals surface area contributed by atoms with Gasteiger partial charge in [0.05, 0.1) is 6.57 Å². The molecule has 5 aromatic rings. The van der Waals surface area contributed by atoms with E-state index in [1.807, 2.05) is 6.07 Å². The van der Waals surface area contributed by atoms with E-state index < -0.39 is 17.3 Å². The van der Waals surface area contributed by atoms with E-state index in [9.17, 15) is 18.0 Å². The Morgan fingerprint density at radius 1 is 1.06 bits per heavy atom. The summed E-state index contributed by atoms with van der Waals surface area (Å²) >= 11 is 0. The lowest BCUT2D eigenvalue weighted by Gasteiger charge is -2.11. The molecule has 2 heterocycles. The molecule has 5 rings (SSSR count). The van der Waals surface area contributed by atoms with E-state index in [0.717, 1.165) is 11.6 Å². The third-order valence-corrected chi connectivity index (χ3v) is 5.46. The largest absolute Gasteiger partial charge is 0.435 e. The molecule has 0 spiro atoms. The molecule has 0 aliphatic heterocycles. The third-order valence-electron chi connectivity index (χ3n) is 5.46. The standard InChI is InChI=1S/C25H14F3N5O2/c1-29-17-6-7-18(19(11-17)23-32-30-13-33(23)2)15-4-3-5-16(10-15)24-31-21-9-14(12-34)8-20(22(21)35-24)25(26,27)28/h3-13H,2H3. The van der Waals surface area contributed by atoms with Crippen molar-refractivity contribution in [2.45, 2.75) is 6.18 Å². The lowest BCUT2D eigenvalue weighted by molar-refractivity contribution is -0.136. The Kier molecular flexibility index (Phi) is 5.17. The van der Waals surface area contributed by atoms with Crippen LogP contribution in [0.1, 0.15) is 15.9 Å². The van der Waals surface area contributed by atoms with Crippen LogP contribution in [0.4, 0.5) is 18.9 Å². The first-order valence-corrected chi connectivity index (χ1v) is 10.2. The summed E-state index contributed by atoms with van der Waals surface area (Å²) in [6, 6.07) is 14.1. The van der Waals surface area contributed by atoms with E-state index >= 15 is 0 Å². The van der Waals surface area contributed by atoms with Gasteiger partial charge in [-0.25, -0.2) is 9.83 Å². The predicted molar refractivity (Wildman–Crippen MR) is 122 cm³/mol. The van der Waals surface area contributed by atoms with Crippen molar-refractivity contribution in [2.24, 2.45) is 7.05 Å². The number of carbonyl (C=O) groups is 1. The topological polar surface area (TPSA) is 78.2 Å². The average Bonchev–Trinajstić information content (AvgIpc) is 3.48. The van der Waals surface area contributed by atoms with E-state index in [1.54, 1.807) is 54.3 Å². The molecule has 10 heteroatoms. The van der Waals surface area contributed by atoms with Crippen LogP contribution in [0, 0.1) is 6.57 Å². The van der Waals surface area contributed by atoms with Gasteiger partial charge in [0.1, 0.15) is 23.7 Å². The molecule has 0 fully saturated rings. The van der Waals surface area contributed by atoms with Gasteiger partial charge in [-0.1, -0.05) is 24.3 Å². The Hall–Kier alpha value is -4.78. The number of aryl methyl sites for hydroxylation is 1. The van der Waals surface area contributed by atoms with Crippen LogP contribution in [-0.4, -0.2) is 26.0 Å². The first kappa shape index (κ1) is 22.0. The number of benzene rings is 3. The maximum atomic E-state index is 13.6. The molecule has 0 aliphatic rings. The molecule has 0 N–H and O–H groups in total.